The summed E-state index contributed by atoms with van der Waals surface area (Å²) in [6.07, 6.45) is 1.71. The van der Waals surface area contributed by atoms with Crippen LogP contribution in [0.3, 0.4) is 0 Å². The van der Waals surface area contributed by atoms with Crippen LogP contribution in [0.15, 0.2) is 18.2 Å². The quantitative estimate of drug-likeness (QED) is 0.746. The first-order chi connectivity index (χ1) is 8.06. The summed E-state index contributed by atoms with van der Waals surface area (Å²) in [4.78, 5) is 14.0. The summed E-state index contributed by atoms with van der Waals surface area (Å²) in [5.41, 5.74) is 1.97. The Morgan fingerprint density at radius 2 is 2.24 bits per heavy atom. The molecule has 1 aromatic rings. The predicted molar refractivity (Wildman–Crippen MR) is 67.7 cm³/mol. The van der Waals surface area contributed by atoms with Crippen molar-refractivity contribution in [2.45, 2.75) is 25.9 Å². The normalized spacial score (nSPS) is 18.0. The predicted octanol–water partition coefficient (Wildman–Crippen LogP) is 2.14. The summed E-state index contributed by atoms with van der Waals surface area (Å²) >= 11 is 0. The van der Waals surface area contributed by atoms with E-state index in [0.29, 0.717) is 6.42 Å². The van der Waals surface area contributed by atoms with E-state index >= 15 is 0 Å². The molecule has 1 aromatic carbocycles. The Morgan fingerprint density at radius 3 is 2.94 bits per heavy atom. The molecule has 0 aliphatic carbocycles. The summed E-state index contributed by atoms with van der Waals surface area (Å²) in [6.45, 7) is 2.84. The average molecular weight is 233 g/mol. The topological polar surface area (TPSA) is 29.5 Å². The van der Waals surface area contributed by atoms with Crippen LogP contribution >= 0.6 is 0 Å². The number of ether oxygens (including phenoxy) is 1. The summed E-state index contributed by atoms with van der Waals surface area (Å²) in [7, 11) is 3.96. The van der Waals surface area contributed by atoms with Crippen LogP contribution in [0.2, 0.25) is 0 Å². The Kier molecular flexibility index (Phi) is 3.48. The second kappa shape index (κ2) is 4.88. The highest BCUT2D eigenvalue weighted by molar-refractivity contribution is 5.96. The van der Waals surface area contributed by atoms with E-state index in [9.17, 15) is 4.79 Å². The van der Waals surface area contributed by atoms with Gasteiger partial charge in [-0.25, -0.2) is 0 Å². The lowest BCUT2D eigenvalue weighted by Gasteiger charge is -2.08. The van der Waals surface area contributed by atoms with Gasteiger partial charge in [-0.1, -0.05) is 0 Å². The minimum Gasteiger partial charge on any atom is -0.490 e. The Hall–Kier alpha value is -1.35. The van der Waals surface area contributed by atoms with Gasteiger partial charge < -0.3 is 9.64 Å². The fraction of sp³-hybridized carbons (Fsp3) is 0.500. The highest BCUT2D eigenvalue weighted by Crippen LogP contribution is 2.29. The molecule has 17 heavy (non-hydrogen) atoms. The molecule has 0 saturated carbocycles. The highest BCUT2D eigenvalue weighted by Gasteiger charge is 2.20. The van der Waals surface area contributed by atoms with Gasteiger partial charge in [-0.15, -0.1) is 0 Å². The highest BCUT2D eigenvalue weighted by atomic mass is 16.5. The van der Waals surface area contributed by atoms with Gasteiger partial charge in [0.05, 0.1) is 0 Å². The average Bonchev–Trinajstić information content (AvgIpc) is 2.64. The maximum atomic E-state index is 12.0. The number of nitrogens with zero attached hydrogens (tertiary/aromatic N) is 1. The van der Waals surface area contributed by atoms with E-state index in [4.69, 9.17) is 4.74 Å². The summed E-state index contributed by atoms with van der Waals surface area (Å²) in [5, 5.41) is 0. The van der Waals surface area contributed by atoms with Crippen molar-refractivity contribution in [2.24, 2.45) is 0 Å². The van der Waals surface area contributed by atoms with Gasteiger partial charge in [0, 0.05) is 24.9 Å². The molecule has 92 valence electrons. The van der Waals surface area contributed by atoms with Crippen molar-refractivity contribution in [3.63, 3.8) is 0 Å². The van der Waals surface area contributed by atoms with Crippen LogP contribution in [0.25, 0.3) is 0 Å². The van der Waals surface area contributed by atoms with Crippen molar-refractivity contribution in [1.82, 2.24) is 4.90 Å². The molecule has 0 amide bonds. The molecule has 0 aromatic heterocycles. The van der Waals surface area contributed by atoms with Gasteiger partial charge in [-0.2, -0.15) is 0 Å². The first-order valence-electron chi connectivity index (χ1n) is 6.04. The van der Waals surface area contributed by atoms with Crippen LogP contribution in [-0.2, 0) is 6.42 Å². The van der Waals surface area contributed by atoms with Crippen molar-refractivity contribution < 1.29 is 9.53 Å². The van der Waals surface area contributed by atoms with E-state index in [1.54, 1.807) is 0 Å². The number of ketones is 1. The fourth-order valence-electron chi connectivity index (χ4n) is 2.06. The lowest BCUT2D eigenvalue weighted by molar-refractivity contribution is 0.0972. The van der Waals surface area contributed by atoms with Crippen molar-refractivity contribution in [2.75, 3.05) is 20.6 Å². The molecule has 0 radical (unpaired) electrons. The molecular weight excluding hydrogens is 214 g/mol. The fourth-order valence-corrected chi connectivity index (χ4v) is 2.06. The first-order valence-corrected chi connectivity index (χ1v) is 6.04. The number of carbonyl (C=O) groups excluding carboxylic acids is 1. The van der Waals surface area contributed by atoms with Crippen molar-refractivity contribution >= 4 is 5.78 Å². The first kappa shape index (κ1) is 12.1. The van der Waals surface area contributed by atoms with Gasteiger partial charge >= 0.3 is 0 Å². The van der Waals surface area contributed by atoms with Crippen LogP contribution in [0.5, 0.6) is 5.75 Å². The third kappa shape index (κ3) is 2.86. The van der Waals surface area contributed by atoms with Crippen molar-refractivity contribution in [3.8, 4) is 5.75 Å². The Balaban J connectivity index is 2.08. The molecule has 1 unspecified atom stereocenters. The minimum atomic E-state index is 0.209. The number of rotatable bonds is 4. The standard InChI is InChI=1S/C14H19NO2/c1-10-8-12-9-11(4-5-14(12)17-10)13(16)6-7-15(2)3/h4-5,9-10H,6-8H2,1-3H3. The van der Waals surface area contributed by atoms with E-state index in [0.717, 1.165) is 29.8 Å². The molecule has 0 bridgehead atoms. The van der Waals surface area contributed by atoms with E-state index < -0.39 is 0 Å². The van der Waals surface area contributed by atoms with Crippen molar-refractivity contribution in [3.05, 3.63) is 29.3 Å². The molecule has 3 nitrogen and oxygen atoms in total. The molecule has 1 heterocycles. The number of hydrogen-bond donors (Lipinski definition) is 0. The molecule has 0 spiro atoms. The van der Waals surface area contributed by atoms with E-state index in [1.807, 2.05) is 44.1 Å². The lowest BCUT2D eigenvalue weighted by atomic mass is 10.0. The van der Waals surface area contributed by atoms with Crippen LogP contribution in [0.1, 0.15) is 29.3 Å². The lowest BCUT2D eigenvalue weighted by Crippen LogP contribution is -2.16. The smallest absolute Gasteiger partial charge is 0.164 e. The molecule has 0 saturated heterocycles. The molecule has 0 fully saturated rings. The summed E-state index contributed by atoms with van der Waals surface area (Å²) in [6, 6.07) is 5.77. The number of hydrogen-bond acceptors (Lipinski definition) is 3. The molecule has 3 heteroatoms. The van der Waals surface area contributed by atoms with Crippen LogP contribution in [0.4, 0.5) is 0 Å². The largest absolute Gasteiger partial charge is 0.490 e. The number of Topliss-reactive ketones (excluding diaryl/α,β-unsaturated/α-hetero) is 1. The summed E-state index contributed by atoms with van der Waals surface area (Å²) in [5.74, 6) is 1.14. The third-order valence-corrected chi connectivity index (χ3v) is 3.00. The SMILES string of the molecule is CC1Cc2cc(C(=O)CCN(C)C)ccc2O1. The van der Waals surface area contributed by atoms with Gasteiger partial charge in [-0.3, -0.25) is 4.79 Å². The number of fused-ring (bicyclic) bond motifs is 1. The molecule has 2 rings (SSSR count). The maximum Gasteiger partial charge on any atom is 0.164 e. The van der Waals surface area contributed by atoms with Gasteiger partial charge in [0.1, 0.15) is 11.9 Å². The van der Waals surface area contributed by atoms with Crippen LogP contribution < -0.4 is 4.74 Å². The zero-order chi connectivity index (χ0) is 12.4. The van der Waals surface area contributed by atoms with Crippen molar-refractivity contribution in [1.29, 1.82) is 0 Å². The molecular formula is C14H19NO2. The maximum absolute atomic E-state index is 12.0. The molecule has 1 aliphatic rings. The van der Waals surface area contributed by atoms with Gasteiger partial charge in [0.15, 0.2) is 5.78 Å². The molecule has 0 N–H and O–H groups in total. The second-order valence-corrected chi connectivity index (χ2v) is 4.93. The Bertz CT molecular complexity index is 426. The molecule has 1 aliphatic heterocycles. The zero-order valence-electron chi connectivity index (χ0n) is 10.7. The van der Waals surface area contributed by atoms with Gasteiger partial charge in [-0.05, 0) is 44.8 Å². The Labute approximate surface area is 102 Å². The monoisotopic (exact) mass is 233 g/mol. The second-order valence-electron chi connectivity index (χ2n) is 4.93. The minimum absolute atomic E-state index is 0.209. The van der Waals surface area contributed by atoms with E-state index in [-0.39, 0.29) is 11.9 Å². The third-order valence-electron chi connectivity index (χ3n) is 3.00. The van der Waals surface area contributed by atoms with Crippen LogP contribution in [-0.4, -0.2) is 37.4 Å². The van der Waals surface area contributed by atoms with Gasteiger partial charge in [0.25, 0.3) is 0 Å². The van der Waals surface area contributed by atoms with E-state index in [2.05, 4.69) is 0 Å². The number of carbonyl (C=O) groups is 1. The van der Waals surface area contributed by atoms with Crippen LogP contribution in [0, 0.1) is 0 Å². The van der Waals surface area contributed by atoms with Gasteiger partial charge in [0.2, 0.25) is 0 Å². The zero-order valence-corrected chi connectivity index (χ0v) is 10.7. The summed E-state index contributed by atoms with van der Waals surface area (Å²) < 4.78 is 5.62. The number of benzene rings is 1. The Morgan fingerprint density at radius 1 is 1.47 bits per heavy atom. The van der Waals surface area contributed by atoms with E-state index in [1.165, 1.54) is 0 Å². The molecule has 1 atom stereocenters.